The molecule has 0 N–H and O–H groups in total. The van der Waals surface area contributed by atoms with Crippen molar-refractivity contribution in [2.75, 3.05) is 11.5 Å². The van der Waals surface area contributed by atoms with Gasteiger partial charge in [-0.15, -0.1) is 0 Å². The first-order valence-electron chi connectivity index (χ1n) is 9.64. The minimum atomic E-state index is -0.564. The van der Waals surface area contributed by atoms with E-state index in [4.69, 9.17) is 14.0 Å². The fraction of sp³-hybridized carbons (Fsp3) is 0.318. The lowest BCUT2D eigenvalue weighted by atomic mass is 10.2. The summed E-state index contributed by atoms with van der Waals surface area (Å²) in [6.07, 6.45) is -0.564. The molecule has 0 fully saturated rings. The van der Waals surface area contributed by atoms with Crippen LogP contribution in [0.5, 0.6) is 11.5 Å². The monoisotopic (exact) mass is 393 g/mol. The molecule has 3 aromatic rings. The molecule has 1 atom stereocenters. The summed E-state index contributed by atoms with van der Waals surface area (Å²) in [6, 6.07) is 15.0. The van der Waals surface area contributed by atoms with Gasteiger partial charge in [0.05, 0.1) is 12.3 Å². The summed E-state index contributed by atoms with van der Waals surface area (Å²) in [5, 5.41) is 4.06. The second kappa shape index (κ2) is 7.95. The van der Waals surface area contributed by atoms with Gasteiger partial charge in [0.15, 0.2) is 6.10 Å². The molecule has 4 rings (SSSR count). The van der Waals surface area contributed by atoms with E-state index < -0.39 is 6.10 Å². The molecule has 0 saturated heterocycles. The largest absolute Gasteiger partial charge is 0.493 e. The Balaban J connectivity index is 1.50. The van der Waals surface area contributed by atoms with E-state index in [-0.39, 0.29) is 12.5 Å². The number of amides is 1. The van der Waals surface area contributed by atoms with Crippen LogP contribution in [0.25, 0.3) is 11.4 Å². The van der Waals surface area contributed by atoms with Crippen molar-refractivity contribution in [2.24, 2.45) is 5.92 Å². The summed E-state index contributed by atoms with van der Waals surface area (Å²) >= 11 is 0. The van der Waals surface area contributed by atoms with Gasteiger partial charge >= 0.3 is 0 Å². The van der Waals surface area contributed by atoms with Crippen molar-refractivity contribution in [1.82, 2.24) is 10.1 Å². The molecule has 1 aliphatic rings. The number of benzene rings is 2. The van der Waals surface area contributed by atoms with Crippen LogP contribution in [0.15, 0.2) is 53.1 Å². The maximum atomic E-state index is 12.6. The van der Waals surface area contributed by atoms with Crippen LogP contribution >= 0.6 is 0 Å². The van der Waals surface area contributed by atoms with E-state index in [1.807, 2.05) is 48.5 Å². The minimum absolute atomic E-state index is 0.143. The molecule has 2 heterocycles. The molecule has 0 spiro atoms. The molecule has 1 aliphatic heterocycles. The first-order valence-corrected chi connectivity index (χ1v) is 9.64. The summed E-state index contributed by atoms with van der Waals surface area (Å²) in [5.74, 6) is 2.61. The zero-order valence-electron chi connectivity index (χ0n) is 16.7. The number of aromatic nitrogens is 2. The van der Waals surface area contributed by atoms with Crippen LogP contribution in [0.3, 0.4) is 0 Å². The maximum Gasteiger partial charge on any atom is 0.268 e. The summed E-state index contributed by atoms with van der Waals surface area (Å²) in [4.78, 5) is 18.7. The van der Waals surface area contributed by atoms with Crippen molar-refractivity contribution in [3.63, 3.8) is 0 Å². The van der Waals surface area contributed by atoms with E-state index in [9.17, 15) is 4.79 Å². The standard InChI is InChI=1S/C22H23N3O4/c1-14(2)13-27-17-10-8-16(9-11-17)21-23-20(29-24-21)12-25-18-6-4-5-7-19(18)28-15(3)22(25)26/h4-11,14-15H,12-13H2,1-3H3/t15-/m1/s1. The average molecular weight is 393 g/mol. The van der Waals surface area contributed by atoms with E-state index in [1.54, 1.807) is 11.8 Å². The van der Waals surface area contributed by atoms with Gasteiger partial charge in [0.1, 0.15) is 18.0 Å². The van der Waals surface area contributed by atoms with Gasteiger partial charge in [-0.25, -0.2) is 0 Å². The molecule has 2 aromatic carbocycles. The number of ether oxygens (including phenoxy) is 2. The highest BCUT2D eigenvalue weighted by atomic mass is 16.5. The highest BCUT2D eigenvalue weighted by molar-refractivity contribution is 5.99. The molecule has 7 heteroatoms. The zero-order valence-corrected chi connectivity index (χ0v) is 16.7. The number of rotatable bonds is 6. The fourth-order valence-electron chi connectivity index (χ4n) is 3.06. The van der Waals surface area contributed by atoms with Gasteiger partial charge in [0.2, 0.25) is 11.7 Å². The van der Waals surface area contributed by atoms with Crippen molar-refractivity contribution in [3.8, 4) is 22.9 Å². The van der Waals surface area contributed by atoms with Crippen LogP contribution in [-0.4, -0.2) is 28.8 Å². The lowest BCUT2D eigenvalue weighted by Crippen LogP contribution is -2.44. The van der Waals surface area contributed by atoms with Gasteiger partial charge in [-0.3, -0.25) is 9.69 Å². The number of anilines is 1. The summed E-state index contributed by atoms with van der Waals surface area (Å²) in [6.45, 7) is 6.79. The van der Waals surface area contributed by atoms with Crippen molar-refractivity contribution < 1.29 is 18.8 Å². The Hall–Kier alpha value is -3.35. The van der Waals surface area contributed by atoms with Crippen LogP contribution in [0, 0.1) is 5.92 Å². The molecule has 0 bridgehead atoms. The van der Waals surface area contributed by atoms with Gasteiger partial charge in [-0.1, -0.05) is 31.1 Å². The Bertz CT molecular complexity index is 997. The Kier molecular flexibility index (Phi) is 5.20. The third-order valence-corrected chi connectivity index (χ3v) is 4.53. The number of para-hydroxylation sites is 2. The molecule has 150 valence electrons. The fourth-order valence-corrected chi connectivity index (χ4v) is 3.06. The third kappa shape index (κ3) is 4.08. The third-order valence-electron chi connectivity index (χ3n) is 4.53. The molecule has 0 radical (unpaired) electrons. The maximum absolute atomic E-state index is 12.6. The average Bonchev–Trinajstić information content (AvgIpc) is 3.19. The molecule has 29 heavy (non-hydrogen) atoms. The van der Waals surface area contributed by atoms with Crippen LogP contribution < -0.4 is 14.4 Å². The van der Waals surface area contributed by atoms with Crippen LogP contribution in [0.4, 0.5) is 5.69 Å². The van der Waals surface area contributed by atoms with Gasteiger partial charge in [-0.2, -0.15) is 4.98 Å². The quantitative estimate of drug-likeness (QED) is 0.628. The van der Waals surface area contributed by atoms with Gasteiger partial charge in [0, 0.05) is 5.56 Å². The van der Waals surface area contributed by atoms with Gasteiger partial charge < -0.3 is 14.0 Å². The summed E-state index contributed by atoms with van der Waals surface area (Å²) < 4.78 is 16.8. The van der Waals surface area contributed by atoms with Crippen molar-refractivity contribution in [3.05, 3.63) is 54.4 Å². The first-order chi connectivity index (χ1) is 14.0. The van der Waals surface area contributed by atoms with Crippen LogP contribution in [-0.2, 0) is 11.3 Å². The molecular weight excluding hydrogens is 370 g/mol. The number of carbonyl (C=O) groups excluding carboxylic acids is 1. The van der Waals surface area contributed by atoms with E-state index in [0.29, 0.717) is 35.7 Å². The summed E-state index contributed by atoms with van der Waals surface area (Å²) in [7, 11) is 0. The van der Waals surface area contributed by atoms with Crippen LogP contribution in [0.1, 0.15) is 26.7 Å². The molecule has 1 amide bonds. The number of carbonyl (C=O) groups is 1. The SMILES string of the molecule is CC(C)COc1ccc(-c2noc(CN3C(=O)[C@@H](C)Oc4ccccc43)n2)cc1. The normalized spacial score (nSPS) is 15.9. The summed E-state index contributed by atoms with van der Waals surface area (Å²) in [5.41, 5.74) is 1.51. The Morgan fingerprint density at radius 2 is 1.90 bits per heavy atom. The zero-order chi connectivity index (χ0) is 20.4. The van der Waals surface area contributed by atoms with E-state index in [1.165, 1.54) is 0 Å². The molecule has 0 aliphatic carbocycles. The lowest BCUT2D eigenvalue weighted by molar-refractivity contribution is -0.125. The highest BCUT2D eigenvalue weighted by Gasteiger charge is 2.32. The van der Waals surface area contributed by atoms with E-state index in [0.717, 1.165) is 11.3 Å². The topological polar surface area (TPSA) is 77.7 Å². The molecule has 0 unspecified atom stereocenters. The number of nitrogens with zero attached hydrogens (tertiary/aromatic N) is 3. The van der Waals surface area contributed by atoms with E-state index in [2.05, 4.69) is 24.0 Å². The Morgan fingerprint density at radius 1 is 1.14 bits per heavy atom. The minimum Gasteiger partial charge on any atom is -0.493 e. The second-order valence-corrected chi connectivity index (χ2v) is 7.39. The molecule has 1 aromatic heterocycles. The predicted octanol–water partition coefficient (Wildman–Crippen LogP) is 4.09. The lowest BCUT2D eigenvalue weighted by Gasteiger charge is -2.31. The Labute approximate surface area is 169 Å². The van der Waals surface area contributed by atoms with Gasteiger partial charge in [-0.05, 0) is 49.2 Å². The second-order valence-electron chi connectivity index (χ2n) is 7.39. The predicted molar refractivity (Wildman–Crippen MR) is 108 cm³/mol. The molecule has 0 saturated carbocycles. The van der Waals surface area contributed by atoms with Crippen molar-refractivity contribution in [1.29, 1.82) is 0 Å². The number of hydrogen-bond acceptors (Lipinski definition) is 6. The van der Waals surface area contributed by atoms with Crippen molar-refractivity contribution in [2.45, 2.75) is 33.4 Å². The number of fused-ring (bicyclic) bond motifs is 1. The Morgan fingerprint density at radius 3 is 2.66 bits per heavy atom. The van der Waals surface area contributed by atoms with E-state index >= 15 is 0 Å². The molecule has 7 nitrogen and oxygen atoms in total. The first kappa shape index (κ1) is 19.0. The van der Waals surface area contributed by atoms with Crippen molar-refractivity contribution >= 4 is 11.6 Å². The highest BCUT2D eigenvalue weighted by Crippen LogP contribution is 2.34. The molecular formula is C22H23N3O4. The smallest absolute Gasteiger partial charge is 0.268 e. The van der Waals surface area contributed by atoms with Gasteiger partial charge in [0.25, 0.3) is 5.91 Å². The van der Waals surface area contributed by atoms with Crippen LogP contribution in [0.2, 0.25) is 0 Å². The number of hydrogen-bond donors (Lipinski definition) is 0.